The molecule has 0 aliphatic rings. The molecule has 0 saturated carbocycles. The summed E-state index contributed by atoms with van der Waals surface area (Å²) < 4.78 is 14.1. The van der Waals surface area contributed by atoms with Crippen molar-refractivity contribution >= 4 is 21.8 Å². The zero-order valence-electron chi connectivity index (χ0n) is 10.3. The molecular weight excluding hydrogens is 285 g/mol. The van der Waals surface area contributed by atoms with Crippen LogP contribution >= 0.6 is 15.9 Å². The van der Waals surface area contributed by atoms with Crippen molar-refractivity contribution in [2.75, 3.05) is 6.54 Å². The van der Waals surface area contributed by atoms with Gasteiger partial charge in [0.2, 0.25) is 0 Å². The zero-order chi connectivity index (χ0) is 13.1. The quantitative estimate of drug-likeness (QED) is 0.905. The molecule has 0 fully saturated rings. The van der Waals surface area contributed by atoms with Gasteiger partial charge in [-0.15, -0.1) is 0 Å². The second-order valence-corrected chi connectivity index (χ2v) is 6.11. The van der Waals surface area contributed by atoms with E-state index in [1.54, 1.807) is 6.07 Å². The third kappa shape index (κ3) is 4.86. The molecule has 1 aromatic rings. The number of amides is 1. The molecule has 0 spiro atoms. The van der Waals surface area contributed by atoms with E-state index in [9.17, 15) is 9.18 Å². The maximum absolute atomic E-state index is 13.4. The highest BCUT2D eigenvalue weighted by atomic mass is 79.9. The molecule has 1 amide bonds. The van der Waals surface area contributed by atoms with Crippen molar-refractivity contribution < 1.29 is 9.18 Å². The Balaban J connectivity index is 2.61. The van der Waals surface area contributed by atoms with Gasteiger partial charge in [-0.25, -0.2) is 4.39 Å². The fourth-order valence-electron chi connectivity index (χ4n) is 1.32. The number of halogens is 2. The predicted octanol–water partition coefficient (Wildman–Crippen LogP) is 3.75. The third-order valence-corrected chi connectivity index (χ3v) is 2.83. The molecule has 1 rings (SSSR count). The highest BCUT2D eigenvalue weighted by Crippen LogP contribution is 2.18. The van der Waals surface area contributed by atoms with Crippen molar-refractivity contribution in [1.29, 1.82) is 0 Å². The Bertz CT molecular complexity index is 412. The minimum absolute atomic E-state index is 0.0771. The van der Waals surface area contributed by atoms with Crippen LogP contribution < -0.4 is 5.32 Å². The minimum atomic E-state index is -0.499. The fourth-order valence-corrected chi connectivity index (χ4v) is 1.68. The van der Waals surface area contributed by atoms with Gasteiger partial charge in [-0.1, -0.05) is 36.7 Å². The van der Waals surface area contributed by atoms with Crippen LogP contribution in [0, 0.1) is 11.2 Å². The van der Waals surface area contributed by atoms with Crippen LogP contribution in [-0.4, -0.2) is 12.5 Å². The Morgan fingerprint density at radius 3 is 2.65 bits per heavy atom. The van der Waals surface area contributed by atoms with E-state index in [1.807, 2.05) is 0 Å². The standard InChI is InChI=1S/C13H17BrFNO/c1-13(2,3)6-7-16-12(17)10-8-9(14)4-5-11(10)15/h4-5,8H,6-7H2,1-3H3,(H,16,17). The largest absolute Gasteiger partial charge is 0.352 e. The van der Waals surface area contributed by atoms with E-state index >= 15 is 0 Å². The smallest absolute Gasteiger partial charge is 0.254 e. The highest BCUT2D eigenvalue weighted by molar-refractivity contribution is 9.10. The van der Waals surface area contributed by atoms with Gasteiger partial charge in [0.1, 0.15) is 5.82 Å². The molecule has 0 heterocycles. The number of hydrogen-bond acceptors (Lipinski definition) is 1. The molecular formula is C13H17BrFNO. The van der Waals surface area contributed by atoms with E-state index in [0.29, 0.717) is 11.0 Å². The van der Waals surface area contributed by atoms with Crippen molar-refractivity contribution in [2.24, 2.45) is 5.41 Å². The van der Waals surface area contributed by atoms with Crippen LogP contribution in [0.5, 0.6) is 0 Å². The van der Waals surface area contributed by atoms with E-state index in [0.717, 1.165) is 6.42 Å². The first-order chi connectivity index (χ1) is 7.79. The predicted molar refractivity (Wildman–Crippen MR) is 70.5 cm³/mol. The lowest BCUT2D eigenvalue weighted by Crippen LogP contribution is -2.28. The van der Waals surface area contributed by atoms with Crippen LogP contribution in [0.3, 0.4) is 0 Å². The fraction of sp³-hybridized carbons (Fsp3) is 0.462. The number of benzene rings is 1. The maximum Gasteiger partial charge on any atom is 0.254 e. The average Bonchev–Trinajstić information content (AvgIpc) is 2.19. The summed E-state index contributed by atoms with van der Waals surface area (Å²) in [4.78, 5) is 11.7. The normalized spacial score (nSPS) is 11.4. The van der Waals surface area contributed by atoms with Crippen molar-refractivity contribution in [2.45, 2.75) is 27.2 Å². The van der Waals surface area contributed by atoms with Gasteiger partial charge >= 0.3 is 0 Å². The van der Waals surface area contributed by atoms with Gasteiger partial charge in [-0.2, -0.15) is 0 Å². The molecule has 1 aromatic carbocycles. The molecule has 0 radical (unpaired) electrons. The average molecular weight is 302 g/mol. The number of nitrogens with one attached hydrogen (secondary N) is 1. The highest BCUT2D eigenvalue weighted by Gasteiger charge is 2.14. The number of rotatable bonds is 3. The lowest BCUT2D eigenvalue weighted by molar-refractivity contribution is 0.0945. The summed E-state index contributed by atoms with van der Waals surface area (Å²) in [5, 5.41) is 2.72. The van der Waals surface area contributed by atoms with Crippen molar-refractivity contribution in [3.05, 3.63) is 34.1 Å². The van der Waals surface area contributed by atoms with Crippen LogP contribution in [0.2, 0.25) is 0 Å². The summed E-state index contributed by atoms with van der Waals surface area (Å²) in [6.45, 7) is 6.84. The summed E-state index contributed by atoms with van der Waals surface area (Å²) in [5.74, 6) is -0.866. The lowest BCUT2D eigenvalue weighted by atomic mass is 9.92. The minimum Gasteiger partial charge on any atom is -0.352 e. The van der Waals surface area contributed by atoms with Gasteiger partial charge in [0.15, 0.2) is 0 Å². The monoisotopic (exact) mass is 301 g/mol. The molecule has 4 heteroatoms. The molecule has 94 valence electrons. The van der Waals surface area contributed by atoms with Crippen LogP contribution in [0.4, 0.5) is 4.39 Å². The zero-order valence-corrected chi connectivity index (χ0v) is 11.9. The number of carbonyl (C=O) groups is 1. The Morgan fingerprint density at radius 1 is 1.41 bits per heavy atom. The molecule has 0 aliphatic carbocycles. The van der Waals surface area contributed by atoms with E-state index in [4.69, 9.17) is 0 Å². The summed E-state index contributed by atoms with van der Waals surface area (Å²) in [5.41, 5.74) is 0.233. The van der Waals surface area contributed by atoms with Gasteiger partial charge in [0, 0.05) is 11.0 Å². The summed E-state index contributed by atoms with van der Waals surface area (Å²) in [6.07, 6.45) is 0.856. The van der Waals surface area contributed by atoms with Gasteiger partial charge < -0.3 is 5.32 Å². The summed E-state index contributed by atoms with van der Waals surface area (Å²) in [6, 6.07) is 4.34. The van der Waals surface area contributed by atoms with Crippen molar-refractivity contribution in [3.8, 4) is 0 Å². The SMILES string of the molecule is CC(C)(C)CCNC(=O)c1cc(Br)ccc1F. The van der Waals surface area contributed by atoms with E-state index in [1.165, 1.54) is 12.1 Å². The Kier molecular flexibility index (Phi) is 4.69. The van der Waals surface area contributed by atoms with Gasteiger partial charge in [-0.3, -0.25) is 4.79 Å². The molecule has 0 atom stereocenters. The van der Waals surface area contributed by atoms with Crippen LogP contribution in [0.25, 0.3) is 0 Å². The van der Waals surface area contributed by atoms with E-state index in [2.05, 4.69) is 42.0 Å². The Labute approximate surface area is 110 Å². The van der Waals surface area contributed by atoms with E-state index in [-0.39, 0.29) is 16.9 Å². The van der Waals surface area contributed by atoms with Gasteiger partial charge in [-0.05, 0) is 30.0 Å². The van der Waals surface area contributed by atoms with Crippen LogP contribution in [0.1, 0.15) is 37.6 Å². The molecule has 0 bridgehead atoms. The maximum atomic E-state index is 13.4. The van der Waals surface area contributed by atoms with E-state index < -0.39 is 5.82 Å². The van der Waals surface area contributed by atoms with Gasteiger partial charge in [0.25, 0.3) is 5.91 Å². The number of hydrogen-bond donors (Lipinski definition) is 1. The molecule has 2 nitrogen and oxygen atoms in total. The molecule has 0 aliphatic heterocycles. The Morgan fingerprint density at radius 2 is 2.06 bits per heavy atom. The second-order valence-electron chi connectivity index (χ2n) is 5.19. The molecule has 0 unspecified atom stereocenters. The molecule has 0 aromatic heterocycles. The van der Waals surface area contributed by atoms with Gasteiger partial charge in [0.05, 0.1) is 5.56 Å². The third-order valence-electron chi connectivity index (χ3n) is 2.33. The van der Waals surface area contributed by atoms with Crippen molar-refractivity contribution in [1.82, 2.24) is 5.32 Å². The summed E-state index contributed by atoms with van der Waals surface area (Å²) >= 11 is 3.22. The topological polar surface area (TPSA) is 29.1 Å². The Hall–Kier alpha value is -0.900. The van der Waals surface area contributed by atoms with Crippen LogP contribution in [-0.2, 0) is 0 Å². The summed E-state index contributed by atoms with van der Waals surface area (Å²) in [7, 11) is 0. The molecule has 0 saturated heterocycles. The lowest BCUT2D eigenvalue weighted by Gasteiger charge is -2.18. The first kappa shape index (κ1) is 14.2. The second kappa shape index (κ2) is 5.63. The van der Waals surface area contributed by atoms with Crippen molar-refractivity contribution in [3.63, 3.8) is 0 Å². The number of carbonyl (C=O) groups excluding carboxylic acids is 1. The molecule has 17 heavy (non-hydrogen) atoms. The van der Waals surface area contributed by atoms with Crippen LogP contribution in [0.15, 0.2) is 22.7 Å². The first-order valence-electron chi connectivity index (χ1n) is 5.53. The molecule has 1 N–H and O–H groups in total. The first-order valence-corrected chi connectivity index (χ1v) is 6.32.